The molecule has 0 heterocycles. The molecule has 4 aromatic rings. The first-order valence-corrected chi connectivity index (χ1v) is 11.8. The van der Waals surface area contributed by atoms with Crippen LogP contribution < -0.4 is 14.8 Å². The molecule has 0 radical (unpaired) electrons. The highest BCUT2D eigenvalue weighted by Gasteiger charge is 2.17. The van der Waals surface area contributed by atoms with Crippen molar-refractivity contribution in [2.45, 2.75) is 25.3 Å². The van der Waals surface area contributed by atoms with Gasteiger partial charge in [-0.2, -0.15) is 0 Å². The zero-order valence-electron chi connectivity index (χ0n) is 20.4. The molecule has 0 aromatic heterocycles. The predicted molar refractivity (Wildman–Crippen MR) is 141 cm³/mol. The number of aromatic carboxylic acids is 1. The van der Waals surface area contributed by atoms with Crippen LogP contribution in [0.15, 0.2) is 84.9 Å². The summed E-state index contributed by atoms with van der Waals surface area (Å²) in [6.45, 7) is 0. The predicted octanol–water partition coefficient (Wildman–Crippen LogP) is 6.30. The number of ether oxygens (including phenoxy) is 2. The monoisotopic (exact) mass is 483 g/mol. The summed E-state index contributed by atoms with van der Waals surface area (Å²) in [6, 6.07) is 26.0. The lowest BCUT2D eigenvalue weighted by molar-refractivity contribution is -0.119. The minimum Gasteiger partial charge on any atom is -0.497 e. The van der Waals surface area contributed by atoms with E-state index in [1.165, 1.54) is 0 Å². The number of hydrogen-bond acceptors (Lipinski definition) is 5. The van der Waals surface area contributed by atoms with Crippen LogP contribution in [0, 0.1) is 0 Å². The summed E-state index contributed by atoms with van der Waals surface area (Å²) in [4.78, 5) is 24.2. The molecule has 0 aliphatic rings. The summed E-state index contributed by atoms with van der Waals surface area (Å²) in [5.41, 5.74) is 2.98. The van der Waals surface area contributed by atoms with Gasteiger partial charge in [0, 0.05) is 18.5 Å². The second kappa shape index (κ2) is 11.4. The number of carbonyl (C=O) groups excluding carboxylic acids is 1. The van der Waals surface area contributed by atoms with Gasteiger partial charge < -0.3 is 19.9 Å². The number of hydrogen-bond donors (Lipinski definition) is 2. The number of carbonyl (C=O) groups is 2. The van der Waals surface area contributed by atoms with E-state index in [2.05, 4.69) is 23.5 Å². The van der Waals surface area contributed by atoms with Gasteiger partial charge in [0.1, 0.15) is 17.3 Å². The fourth-order valence-electron chi connectivity index (χ4n) is 4.19. The van der Waals surface area contributed by atoms with Crippen molar-refractivity contribution in [2.75, 3.05) is 19.5 Å². The lowest BCUT2D eigenvalue weighted by Gasteiger charge is -2.21. The number of benzene rings is 4. The van der Waals surface area contributed by atoms with Gasteiger partial charge in [0.25, 0.3) is 0 Å². The highest BCUT2D eigenvalue weighted by atomic mass is 16.5. The molecule has 0 spiro atoms. The Labute approximate surface area is 210 Å². The van der Waals surface area contributed by atoms with Gasteiger partial charge >= 0.3 is 5.97 Å². The zero-order chi connectivity index (χ0) is 25.5. The average molecular weight is 484 g/mol. The van der Waals surface area contributed by atoms with Gasteiger partial charge in [-0.15, -0.1) is 0 Å². The van der Waals surface area contributed by atoms with Crippen LogP contribution in [0.2, 0.25) is 0 Å². The molecule has 6 heteroatoms. The molecule has 1 atom stereocenters. The Morgan fingerprint density at radius 3 is 2.25 bits per heavy atom. The molecule has 0 saturated heterocycles. The second-order valence-corrected chi connectivity index (χ2v) is 8.65. The Hall–Kier alpha value is -4.32. The van der Waals surface area contributed by atoms with Crippen molar-refractivity contribution in [3.05, 3.63) is 102 Å². The van der Waals surface area contributed by atoms with E-state index >= 15 is 0 Å². The fourth-order valence-corrected chi connectivity index (χ4v) is 4.19. The number of Topliss-reactive ketones (excluding diaryl/α,β-unsaturated/α-hetero) is 1. The molecule has 0 aliphatic carbocycles. The number of ketones is 1. The largest absolute Gasteiger partial charge is 0.497 e. The maximum atomic E-state index is 13.1. The smallest absolute Gasteiger partial charge is 0.335 e. The average Bonchev–Trinajstić information content (AvgIpc) is 2.91. The Balaban J connectivity index is 1.47. The van der Waals surface area contributed by atoms with Crippen LogP contribution in [0.3, 0.4) is 0 Å². The Morgan fingerprint density at radius 1 is 0.833 bits per heavy atom. The van der Waals surface area contributed by atoms with E-state index < -0.39 is 5.97 Å². The van der Waals surface area contributed by atoms with Gasteiger partial charge in [0.05, 0.1) is 25.8 Å². The highest BCUT2D eigenvalue weighted by molar-refractivity contribution is 5.88. The molecule has 36 heavy (non-hydrogen) atoms. The van der Waals surface area contributed by atoms with Crippen molar-refractivity contribution in [1.29, 1.82) is 0 Å². The van der Waals surface area contributed by atoms with Crippen LogP contribution in [-0.2, 0) is 11.2 Å². The van der Waals surface area contributed by atoms with Crippen molar-refractivity contribution < 1.29 is 24.2 Å². The SMILES string of the molecule is COc1cccc(C(CC(=O)CCc2ccc3cc(OC)ccc3c2)Nc2ccc(C(=O)O)cc2)c1. The molecule has 184 valence electrons. The van der Waals surface area contributed by atoms with Gasteiger partial charge in [0.2, 0.25) is 0 Å². The molecule has 0 saturated carbocycles. The highest BCUT2D eigenvalue weighted by Crippen LogP contribution is 2.28. The van der Waals surface area contributed by atoms with Gasteiger partial charge in [0.15, 0.2) is 0 Å². The quantitative estimate of drug-likeness (QED) is 0.260. The number of rotatable bonds is 11. The summed E-state index contributed by atoms with van der Waals surface area (Å²) in [7, 11) is 3.26. The molecule has 4 rings (SSSR count). The molecule has 1 unspecified atom stereocenters. The first kappa shape index (κ1) is 24.8. The molecule has 6 nitrogen and oxygen atoms in total. The first-order valence-electron chi connectivity index (χ1n) is 11.8. The third kappa shape index (κ3) is 6.21. The summed E-state index contributed by atoms with van der Waals surface area (Å²) < 4.78 is 10.7. The molecule has 2 N–H and O–H groups in total. The van der Waals surface area contributed by atoms with Crippen molar-refractivity contribution in [3.63, 3.8) is 0 Å². The van der Waals surface area contributed by atoms with E-state index in [9.17, 15) is 9.59 Å². The number of nitrogens with one attached hydrogen (secondary N) is 1. The molecule has 0 aliphatic heterocycles. The maximum absolute atomic E-state index is 13.1. The Bertz CT molecular complexity index is 1360. The number of aryl methyl sites for hydroxylation is 1. The number of carboxylic acid groups (broad SMARTS) is 1. The minimum absolute atomic E-state index is 0.132. The van der Waals surface area contributed by atoms with Crippen molar-refractivity contribution in [3.8, 4) is 11.5 Å². The van der Waals surface area contributed by atoms with Gasteiger partial charge in [-0.25, -0.2) is 4.79 Å². The van der Waals surface area contributed by atoms with E-state index in [0.717, 1.165) is 33.3 Å². The summed E-state index contributed by atoms with van der Waals surface area (Å²) in [5, 5.41) is 14.8. The van der Waals surface area contributed by atoms with E-state index in [1.54, 1.807) is 38.5 Å². The summed E-state index contributed by atoms with van der Waals surface area (Å²) >= 11 is 0. The second-order valence-electron chi connectivity index (χ2n) is 8.65. The van der Waals surface area contributed by atoms with E-state index in [0.29, 0.717) is 25.0 Å². The van der Waals surface area contributed by atoms with Crippen molar-refractivity contribution >= 4 is 28.2 Å². The van der Waals surface area contributed by atoms with Gasteiger partial charge in [-0.05, 0) is 76.9 Å². The van der Waals surface area contributed by atoms with Crippen LogP contribution in [0.4, 0.5) is 5.69 Å². The van der Waals surface area contributed by atoms with Gasteiger partial charge in [-0.1, -0.05) is 36.4 Å². The van der Waals surface area contributed by atoms with Crippen LogP contribution in [0.25, 0.3) is 10.8 Å². The maximum Gasteiger partial charge on any atom is 0.335 e. The number of fused-ring (bicyclic) bond motifs is 1. The topological polar surface area (TPSA) is 84.9 Å². The lowest BCUT2D eigenvalue weighted by atomic mass is 9.96. The van der Waals surface area contributed by atoms with E-state index in [1.807, 2.05) is 42.5 Å². The normalized spacial score (nSPS) is 11.6. The van der Waals surface area contributed by atoms with E-state index in [4.69, 9.17) is 14.6 Å². The third-order valence-corrected chi connectivity index (χ3v) is 6.21. The number of carboxylic acids is 1. The molecule has 0 amide bonds. The molecule has 0 bridgehead atoms. The van der Waals surface area contributed by atoms with E-state index in [-0.39, 0.29) is 17.4 Å². The third-order valence-electron chi connectivity index (χ3n) is 6.21. The Kier molecular flexibility index (Phi) is 7.85. The molecule has 4 aromatic carbocycles. The standard InChI is InChI=1S/C30H29NO5/c1-35-27-5-3-4-24(18-27)29(31-25-12-9-21(10-13-25)30(33)34)19-26(32)14-7-20-6-8-23-17-28(36-2)15-11-22(23)16-20/h3-6,8-13,15-18,29,31H,7,14,19H2,1-2H3,(H,33,34). The summed E-state index contributed by atoms with van der Waals surface area (Å²) in [6.07, 6.45) is 1.36. The van der Waals surface area contributed by atoms with Crippen LogP contribution in [-0.4, -0.2) is 31.1 Å². The molecular weight excluding hydrogens is 454 g/mol. The zero-order valence-corrected chi connectivity index (χ0v) is 20.4. The first-order chi connectivity index (χ1) is 17.4. The summed E-state index contributed by atoms with van der Waals surface area (Å²) in [5.74, 6) is 0.682. The van der Waals surface area contributed by atoms with Crippen LogP contribution in [0.5, 0.6) is 11.5 Å². The molecule has 0 fully saturated rings. The number of methoxy groups -OCH3 is 2. The van der Waals surface area contributed by atoms with Crippen LogP contribution >= 0.6 is 0 Å². The lowest BCUT2D eigenvalue weighted by Crippen LogP contribution is -2.16. The van der Waals surface area contributed by atoms with Crippen molar-refractivity contribution in [1.82, 2.24) is 0 Å². The minimum atomic E-state index is -0.978. The number of anilines is 1. The van der Waals surface area contributed by atoms with Crippen molar-refractivity contribution in [2.24, 2.45) is 0 Å². The Morgan fingerprint density at radius 2 is 1.53 bits per heavy atom. The van der Waals surface area contributed by atoms with Gasteiger partial charge in [-0.3, -0.25) is 4.79 Å². The van der Waals surface area contributed by atoms with Crippen LogP contribution in [0.1, 0.15) is 40.4 Å². The molecular formula is C30H29NO5. The fraction of sp³-hybridized carbons (Fsp3) is 0.200.